The van der Waals surface area contributed by atoms with Crippen molar-refractivity contribution < 1.29 is 24.2 Å². The summed E-state index contributed by atoms with van der Waals surface area (Å²) in [5, 5.41) is 14.2. The number of unbranched alkanes of at least 4 members (excludes halogenated alkanes) is 9. The molecular weight excluding hydrogens is 525 g/mol. The maximum atomic E-state index is 12.4. The van der Waals surface area contributed by atoms with Gasteiger partial charge in [-0.25, -0.2) is 0 Å². The van der Waals surface area contributed by atoms with Crippen LogP contribution in [-0.4, -0.2) is 36.4 Å². The summed E-state index contributed by atoms with van der Waals surface area (Å²) in [6.07, 6.45) is 11.2. The molecule has 6 nitrogen and oxygen atoms in total. The zero-order valence-electron chi connectivity index (χ0n) is 22.4. The van der Waals surface area contributed by atoms with Crippen LogP contribution in [0, 0.1) is 0 Å². The molecule has 0 aliphatic rings. The molecule has 1 unspecified atom stereocenters. The summed E-state index contributed by atoms with van der Waals surface area (Å²) in [6, 6.07) is 12.4. The lowest BCUT2D eigenvalue weighted by Crippen LogP contribution is -2.26. The normalized spacial score (nSPS) is 11.7. The topological polar surface area (TPSA) is 84.9 Å². The van der Waals surface area contributed by atoms with Gasteiger partial charge in [0.05, 0.1) is 22.2 Å². The van der Waals surface area contributed by atoms with Crippen molar-refractivity contribution in [3.05, 3.63) is 58.1 Å². The Balaban J connectivity index is 1.61. The summed E-state index contributed by atoms with van der Waals surface area (Å²) in [6.45, 7) is 1.77. The van der Waals surface area contributed by atoms with Gasteiger partial charge in [-0.1, -0.05) is 112 Å². The Labute approximate surface area is 237 Å². The van der Waals surface area contributed by atoms with Gasteiger partial charge in [0, 0.05) is 12.1 Å². The minimum atomic E-state index is -1.08. The first kappa shape index (κ1) is 31.9. The van der Waals surface area contributed by atoms with Gasteiger partial charge in [-0.3, -0.25) is 9.59 Å². The van der Waals surface area contributed by atoms with Crippen molar-refractivity contribution in [2.45, 2.75) is 90.1 Å². The van der Waals surface area contributed by atoms with E-state index >= 15 is 0 Å². The summed E-state index contributed by atoms with van der Waals surface area (Å²) in [5.41, 5.74) is 1.90. The third kappa shape index (κ3) is 13.0. The van der Waals surface area contributed by atoms with Gasteiger partial charge in [-0.2, -0.15) is 0 Å². The number of hydrogen-bond acceptors (Lipinski definition) is 6. The Morgan fingerprint density at radius 2 is 1.34 bits per heavy atom. The first-order chi connectivity index (χ1) is 18.4. The van der Waals surface area contributed by atoms with Gasteiger partial charge in [0.1, 0.15) is 19.3 Å². The highest BCUT2D eigenvalue weighted by atomic mass is 35.5. The minimum Gasteiger partial charge on any atom is -0.463 e. The van der Waals surface area contributed by atoms with Crippen LogP contribution in [0.15, 0.2) is 42.5 Å². The van der Waals surface area contributed by atoms with Crippen LogP contribution in [0.1, 0.15) is 83.1 Å². The molecule has 0 saturated carbocycles. The lowest BCUT2D eigenvalue weighted by Gasteiger charge is -2.15. The maximum Gasteiger partial charge on any atom is 0.310 e. The van der Waals surface area contributed by atoms with Crippen molar-refractivity contribution in [2.24, 2.45) is 0 Å². The van der Waals surface area contributed by atoms with Gasteiger partial charge in [0.2, 0.25) is 0 Å². The van der Waals surface area contributed by atoms with E-state index in [1.165, 1.54) is 44.9 Å². The Morgan fingerprint density at radius 3 is 1.97 bits per heavy atom. The average molecular weight is 567 g/mol. The van der Waals surface area contributed by atoms with Crippen LogP contribution in [0.5, 0.6) is 0 Å². The second-order valence-corrected chi connectivity index (χ2v) is 10.3. The van der Waals surface area contributed by atoms with Crippen molar-refractivity contribution in [3.8, 4) is 0 Å². The zero-order valence-corrected chi connectivity index (χ0v) is 23.9. The van der Waals surface area contributed by atoms with Crippen LogP contribution in [0.3, 0.4) is 0 Å². The number of rotatable bonds is 19. The molecule has 1 atom stereocenters. The zero-order chi connectivity index (χ0) is 27.6. The number of halogens is 2. The van der Waals surface area contributed by atoms with E-state index in [2.05, 4.69) is 12.2 Å². The van der Waals surface area contributed by atoms with E-state index in [-0.39, 0.29) is 25.6 Å². The molecule has 0 radical (unpaired) electrons. The molecule has 8 heteroatoms. The number of ether oxygens (including phenoxy) is 2. The predicted molar refractivity (Wildman–Crippen MR) is 154 cm³/mol. The number of carbonyl (C=O) groups excluding carboxylic acids is 2. The van der Waals surface area contributed by atoms with Gasteiger partial charge in [-0.15, -0.1) is 0 Å². The molecule has 0 aliphatic heterocycles. The predicted octanol–water partition coefficient (Wildman–Crippen LogP) is 8.04. The number of aliphatic hydroxyl groups is 1. The number of benzene rings is 2. The quantitative estimate of drug-likeness (QED) is 0.132. The SMILES string of the molecule is CCCCCCCCCCCCC(=O)OCC(O)COC(=O)Cc1ccccc1Nc1c(Cl)cccc1Cl. The van der Waals surface area contributed by atoms with Crippen molar-refractivity contribution in [2.75, 3.05) is 18.5 Å². The summed E-state index contributed by atoms with van der Waals surface area (Å²) < 4.78 is 10.3. The van der Waals surface area contributed by atoms with E-state index in [4.69, 9.17) is 32.7 Å². The standard InChI is InChI=1S/C30H41Cl2NO5/c1-2-3-4-5-6-7-8-9-10-11-19-28(35)37-21-24(34)22-38-29(36)20-23-15-12-13-18-27(23)33-30-25(31)16-14-17-26(30)32/h12-18,24,33-34H,2-11,19-22H2,1H3. The number of nitrogens with one attached hydrogen (secondary N) is 1. The Hall–Kier alpha value is -2.28. The first-order valence-corrected chi connectivity index (χ1v) is 14.4. The second kappa shape index (κ2) is 18.9. The van der Waals surface area contributed by atoms with Gasteiger partial charge in [-0.05, 0) is 30.2 Å². The van der Waals surface area contributed by atoms with Gasteiger partial charge in [0.25, 0.3) is 0 Å². The van der Waals surface area contributed by atoms with Crippen LogP contribution in [0.2, 0.25) is 10.0 Å². The highest BCUT2D eigenvalue weighted by Crippen LogP contribution is 2.33. The molecule has 0 spiro atoms. The van der Waals surface area contributed by atoms with Crippen molar-refractivity contribution in [3.63, 3.8) is 0 Å². The van der Waals surface area contributed by atoms with E-state index in [0.717, 1.165) is 19.3 Å². The molecule has 2 N–H and O–H groups in total. The van der Waals surface area contributed by atoms with Crippen LogP contribution in [0.25, 0.3) is 0 Å². The van der Waals surface area contributed by atoms with Crippen molar-refractivity contribution in [1.29, 1.82) is 0 Å². The smallest absolute Gasteiger partial charge is 0.310 e. The van der Waals surface area contributed by atoms with E-state index in [1.54, 1.807) is 24.3 Å². The van der Waals surface area contributed by atoms with E-state index in [9.17, 15) is 14.7 Å². The highest BCUT2D eigenvalue weighted by molar-refractivity contribution is 6.39. The fourth-order valence-corrected chi connectivity index (χ4v) is 4.50. The fourth-order valence-electron chi connectivity index (χ4n) is 4.01. The molecule has 38 heavy (non-hydrogen) atoms. The number of carbonyl (C=O) groups is 2. The van der Waals surface area contributed by atoms with Gasteiger partial charge < -0.3 is 19.9 Å². The lowest BCUT2D eigenvalue weighted by atomic mass is 10.1. The fraction of sp³-hybridized carbons (Fsp3) is 0.533. The lowest BCUT2D eigenvalue weighted by molar-refractivity contribution is -0.152. The molecule has 2 aromatic carbocycles. The molecule has 0 aliphatic carbocycles. The summed E-state index contributed by atoms with van der Waals surface area (Å²) in [5.74, 6) is -0.853. The third-order valence-corrected chi connectivity index (χ3v) is 6.81. The van der Waals surface area contributed by atoms with Crippen LogP contribution < -0.4 is 5.32 Å². The average Bonchev–Trinajstić information content (AvgIpc) is 2.90. The molecule has 0 amide bonds. The number of para-hydroxylation sites is 2. The monoisotopic (exact) mass is 565 g/mol. The van der Waals surface area contributed by atoms with Crippen LogP contribution in [-0.2, 0) is 25.5 Å². The van der Waals surface area contributed by atoms with Gasteiger partial charge in [0.15, 0.2) is 0 Å². The summed E-state index contributed by atoms with van der Waals surface area (Å²) in [7, 11) is 0. The minimum absolute atomic E-state index is 0.0174. The Kier molecular flexibility index (Phi) is 15.9. The Morgan fingerprint density at radius 1 is 0.789 bits per heavy atom. The number of esters is 2. The number of hydrogen-bond donors (Lipinski definition) is 2. The van der Waals surface area contributed by atoms with Crippen molar-refractivity contribution >= 4 is 46.5 Å². The molecule has 2 rings (SSSR count). The molecule has 210 valence electrons. The van der Waals surface area contributed by atoms with Crippen LogP contribution >= 0.6 is 23.2 Å². The van der Waals surface area contributed by atoms with Gasteiger partial charge >= 0.3 is 11.9 Å². The van der Waals surface area contributed by atoms with E-state index in [0.29, 0.717) is 33.4 Å². The molecule has 0 bridgehead atoms. The molecular formula is C30H41Cl2NO5. The maximum absolute atomic E-state index is 12.4. The van der Waals surface area contributed by atoms with E-state index in [1.807, 2.05) is 18.2 Å². The van der Waals surface area contributed by atoms with Crippen LogP contribution in [0.4, 0.5) is 11.4 Å². The number of anilines is 2. The molecule has 0 saturated heterocycles. The molecule has 0 aromatic heterocycles. The van der Waals surface area contributed by atoms with E-state index < -0.39 is 12.1 Å². The summed E-state index contributed by atoms with van der Waals surface area (Å²) in [4.78, 5) is 24.3. The largest absolute Gasteiger partial charge is 0.463 e. The highest BCUT2D eigenvalue weighted by Gasteiger charge is 2.15. The summed E-state index contributed by atoms with van der Waals surface area (Å²) >= 11 is 12.5. The Bertz CT molecular complexity index is 965. The third-order valence-electron chi connectivity index (χ3n) is 6.18. The second-order valence-electron chi connectivity index (χ2n) is 9.51. The molecule has 0 fully saturated rings. The molecule has 0 heterocycles. The van der Waals surface area contributed by atoms with Crippen molar-refractivity contribution in [1.82, 2.24) is 0 Å². The first-order valence-electron chi connectivity index (χ1n) is 13.7. The molecule has 2 aromatic rings. The number of aliphatic hydroxyl groups excluding tert-OH is 1.